The molecule has 0 aromatic heterocycles. The highest BCUT2D eigenvalue weighted by molar-refractivity contribution is 7.87. The Kier molecular flexibility index (Phi) is 9.29. The van der Waals surface area contributed by atoms with Crippen molar-refractivity contribution in [2.75, 3.05) is 6.61 Å². The lowest BCUT2D eigenvalue weighted by Gasteiger charge is -2.09. The van der Waals surface area contributed by atoms with Crippen LogP contribution in [0.5, 0.6) is 0 Å². The standard InChI is InChI=1S/C7H9F3O3S.C3H6O2.CH4/c1-5-2-3-6(4-5)13-14(11,12)7(8,9)10;1-2-5-3-4;/h4-5H,2-3H2,1H3;3H,2H2,1H3;1H4. The first-order valence-electron chi connectivity index (χ1n) is 5.40. The Bertz CT molecular complexity index is 414. The Labute approximate surface area is 116 Å². The van der Waals surface area contributed by atoms with Crippen molar-refractivity contribution in [3.05, 3.63) is 11.8 Å². The van der Waals surface area contributed by atoms with Crippen LogP contribution in [0.1, 0.15) is 34.1 Å². The fourth-order valence-corrected chi connectivity index (χ4v) is 1.69. The van der Waals surface area contributed by atoms with Crippen LogP contribution in [0.4, 0.5) is 13.2 Å². The van der Waals surface area contributed by atoms with E-state index < -0.39 is 15.6 Å². The van der Waals surface area contributed by atoms with Gasteiger partial charge in [0.1, 0.15) is 5.76 Å². The van der Waals surface area contributed by atoms with Gasteiger partial charge in [0.2, 0.25) is 0 Å². The minimum absolute atomic E-state index is 0. The molecule has 1 atom stereocenters. The minimum atomic E-state index is -5.47. The third-order valence-electron chi connectivity index (χ3n) is 2.05. The zero-order chi connectivity index (χ0) is 15.1. The molecule has 1 unspecified atom stereocenters. The molecule has 20 heavy (non-hydrogen) atoms. The minimum Gasteiger partial charge on any atom is -0.468 e. The van der Waals surface area contributed by atoms with Gasteiger partial charge in [0, 0.05) is 6.42 Å². The van der Waals surface area contributed by atoms with E-state index in [2.05, 4.69) is 8.92 Å². The van der Waals surface area contributed by atoms with Gasteiger partial charge >= 0.3 is 15.6 Å². The average Bonchev–Trinajstić information content (AvgIpc) is 2.63. The Morgan fingerprint density at radius 2 is 2.00 bits per heavy atom. The molecular formula is C11H19F3O5S. The number of carbonyl (C=O) groups excluding carboxylic acids is 1. The lowest BCUT2D eigenvalue weighted by Crippen LogP contribution is -2.25. The molecular weight excluding hydrogens is 301 g/mol. The van der Waals surface area contributed by atoms with Crippen LogP contribution >= 0.6 is 0 Å². The first-order valence-corrected chi connectivity index (χ1v) is 6.81. The number of allylic oxidation sites excluding steroid dienone is 2. The summed E-state index contributed by atoms with van der Waals surface area (Å²) in [6, 6.07) is 0. The van der Waals surface area contributed by atoms with E-state index in [1.54, 1.807) is 13.8 Å². The van der Waals surface area contributed by atoms with Crippen molar-refractivity contribution in [1.82, 2.24) is 0 Å². The highest BCUT2D eigenvalue weighted by Crippen LogP contribution is 2.31. The molecule has 1 aliphatic rings. The molecule has 120 valence electrons. The maximum Gasteiger partial charge on any atom is 0.534 e. The summed E-state index contributed by atoms with van der Waals surface area (Å²) in [4.78, 5) is 9.18. The molecule has 0 heterocycles. The van der Waals surface area contributed by atoms with Crippen molar-refractivity contribution in [3.63, 3.8) is 0 Å². The molecule has 0 N–H and O–H groups in total. The second kappa shape index (κ2) is 8.83. The quantitative estimate of drug-likeness (QED) is 0.452. The molecule has 9 heteroatoms. The van der Waals surface area contributed by atoms with Gasteiger partial charge in [-0.3, -0.25) is 4.79 Å². The van der Waals surface area contributed by atoms with E-state index in [0.29, 0.717) is 19.5 Å². The third-order valence-corrected chi connectivity index (χ3v) is 3.05. The predicted octanol–water partition coefficient (Wildman–Crippen LogP) is 2.98. The van der Waals surface area contributed by atoms with Gasteiger partial charge in [-0.1, -0.05) is 14.4 Å². The summed E-state index contributed by atoms with van der Waals surface area (Å²) in [5.41, 5.74) is -5.35. The van der Waals surface area contributed by atoms with Gasteiger partial charge < -0.3 is 8.92 Å². The molecule has 0 aromatic carbocycles. The van der Waals surface area contributed by atoms with Crippen LogP contribution in [0.25, 0.3) is 0 Å². The van der Waals surface area contributed by atoms with Crippen LogP contribution in [0.2, 0.25) is 0 Å². The van der Waals surface area contributed by atoms with Crippen LogP contribution in [-0.4, -0.2) is 27.0 Å². The average molecular weight is 320 g/mol. The zero-order valence-electron chi connectivity index (χ0n) is 10.4. The lowest BCUT2D eigenvalue weighted by molar-refractivity contribution is -0.128. The molecule has 0 fully saturated rings. The second-order valence-corrected chi connectivity index (χ2v) is 5.22. The molecule has 5 nitrogen and oxygen atoms in total. The maximum absolute atomic E-state index is 11.8. The molecule has 0 spiro atoms. The summed E-state index contributed by atoms with van der Waals surface area (Å²) in [7, 11) is -5.47. The number of carbonyl (C=O) groups is 1. The van der Waals surface area contributed by atoms with E-state index >= 15 is 0 Å². The lowest BCUT2D eigenvalue weighted by atomic mass is 10.2. The second-order valence-electron chi connectivity index (χ2n) is 3.68. The number of ether oxygens (including phenoxy) is 1. The summed E-state index contributed by atoms with van der Waals surface area (Å²) in [6.45, 7) is 4.44. The highest BCUT2D eigenvalue weighted by atomic mass is 32.2. The Morgan fingerprint density at radius 3 is 2.25 bits per heavy atom. The SMILES string of the molecule is C.CC1C=C(OS(=O)(=O)C(F)(F)F)CC1.CCOC=O. The van der Waals surface area contributed by atoms with Gasteiger partial charge in [0.15, 0.2) is 0 Å². The van der Waals surface area contributed by atoms with E-state index in [4.69, 9.17) is 0 Å². The summed E-state index contributed by atoms with van der Waals surface area (Å²) in [6.07, 6.45) is 2.24. The third kappa shape index (κ3) is 7.37. The molecule has 0 amide bonds. The molecule has 0 bridgehead atoms. The molecule has 0 saturated carbocycles. The van der Waals surface area contributed by atoms with Gasteiger partial charge in [-0.2, -0.15) is 21.6 Å². The number of hydrogen-bond acceptors (Lipinski definition) is 5. The summed E-state index contributed by atoms with van der Waals surface area (Å²) in [5.74, 6) is -0.0525. The fourth-order valence-electron chi connectivity index (χ4n) is 1.18. The zero-order valence-corrected chi connectivity index (χ0v) is 11.3. The van der Waals surface area contributed by atoms with E-state index in [0.717, 1.165) is 0 Å². The first-order chi connectivity index (χ1) is 8.64. The van der Waals surface area contributed by atoms with Crippen LogP contribution in [0.3, 0.4) is 0 Å². The van der Waals surface area contributed by atoms with Gasteiger partial charge in [-0.15, -0.1) is 0 Å². The molecule has 1 aliphatic carbocycles. The predicted molar refractivity (Wildman–Crippen MR) is 67.0 cm³/mol. The maximum atomic E-state index is 11.8. The van der Waals surface area contributed by atoms with E-state index in [1.165, 1.54) is 6.08 Å². The first kappa shape index (κ1) is 21.1. The monoisotopic (exact) mass is 320 g/mol. The fraction of sp³-hybridized carbons (Fsp3) is 0.727. The van der Waals surface area contributed by atoms with Crippen molar-refractivity contribution >= 4 is 16.6 Å². The Hall–Kier alpha value is -1.25. The van der Waals surface area contributed by atoms with E-state index in [9.17, 15) is 26.4 Å². The smallest absolute Gasteiger partial charge is 0.468 e. The molecule has 0 aromatic rings. The van der Waals surface area contributed by atoms with Crippen LogP contribution in [0.15, 0.2) is 11.8 Å². The summed E-state index contributed by atoms with van der Waals surface area (Å²) in [5, 5.41) is 0. The van der Waals surface area contributed by atoms with Crippen molar-refractivity contribution in [2.24, 2.45) is 5.92 Å². The Morgan fingerprint density at radius 1 is 1.45 bits per heavy atom. The van der Waals surface area contributed by atoms with Crippen molar-refractivity contribution in [2.45, 2.75) is 39.6 Å². The van der Waals surface area contributed by atoms with Gasteiger partial charge in [0.05, 0.1) is 6.61 Å². The molecule has 0 radical (unpaired) electrons. The highest BCUT2D eigenvalue weighted by Gasteiger charge is 2.49. The largest absolute Gasteiger partial charge is 0.534 e. The van der Waals surface area contributed by atoms with Gasteiger partial charge in [-0.25, -0.2) is 0 Å². The Balaban J connectivity index is 0. The van der Waals surface area contributed by atoms with Crippen molar-refractivity contribution in [3.8, 4) is 0 Å². The topological polar surface area (TPSA) is 69.7 Å². The molecule has 1 rings (SSSR count). The summed E-state index contributed by atoms with van der Waals surface area (Å²) >= 11 is 0. The number of rotatable bonds is 4. The van der Waals surface area contributed by atoms with Crippen molar-refractivity contribution in [1.29, 1.82) is 0 Å². The normalized spacial score (nSPS) is 18.1. The molecule has 0 saturated heterocycles. The summed E-state index contributed by atoms with van der Waals surface area (Å²) < 4.78 is 64.7. The van der Waals surface area contributed by atoms with E-state index in [-0.39, 0.29) is 25.5 Å². The van der Waals surface area contributed by atoms with Crippen LogP contribution in [-0.2, 0) is 23.8 Å². The van der Waals surface area contributed by atoms with Crippen molar-refractivity contribution < 1.29 is 35.3 Å². The number of hydrogen-bond donors (Lipinski definition) is 0. The van der Waals surface area contributed by atoms with Gasteiger partial charge in [-0.05, 0) is 25.3 Å². The van der Waals surface area contributed by atoms with Crippen LogP contribution < -0.4 is 0 Å². The van der Waals surface area contributed by atoms with E-state index in [1.807, 2.05) is 0 Å². The number of halogens is 3. The number of alkyl halides is 3. The van der Waals surface area contributed by atoms with Gasteiger partial charge in [0.25, 0.3) is 6.47 Å². The molecule has 0 aliphatic heterocycles. The van der Waals surface area contributed by atoms with Crippen LogP contribution in [0, 0.1) is 5.92 Å².